The summed E-state index contributed by atoms with van der Waals surface area (Å²) in [4.78, 5) is 30.6. The Labute approximate surface area is 172 Å². The lowest BCUT2D eigenvalue weighted by Gasteiger charge is -2.15. The smallest absolute Gasteiger partial charge is 0.251 e. The third kappa shape index (κ3) is 4.37. The number of nitrogens with one attached hydrogen (secondary N) is 1. The van der Waals surface area contributed by atoms with Crippen molar-refractivity contribution >= 4 is 11.8 Å². The van der Waals surface area contributed by atoms with Crippen molar-refractivity contribution in [1.82, 2.24) is 20.4 Å². The first-order valence-electron chi connectivity index (χ1n) is 9.68. The lowest BCUT2D eigenvalue weighted by atomic mass is 10.1. The van der Waals surface area contributed by atoms with Gasteiger partial charge in [0.2, 0.25) is 11.8 Å². The van der Waals surface area contributed by atoms with Crippen molar-refractivity contribution in [2.24, 2.45) is 0 Å². The summed E-state index contributed by atoms with van der Waals surface area (Å²) < 4.78 is 18.8. The van der Waals surface area contributed by atoms with E-state index in [9.17, 15) is 14.0 Å². The van der Waals surface area contributed by atoms with Gasteiger partial charge < -0.3 is 14.7 Å². The largest absolute Gasteiger partial charge is 0.343 e. The third-order valence-corrected chi connectivity index (χ3v) is 5.11. The number of aryl methyl sites for hydroxylation is 1. The van der Waals surface area contributed by atoms with Gasteiger partial charge in [-0.2, -0.15) is 4.98 Å². The number of hydrogen-bond donors (Lipinski definition) is 1. The van der Waals surface area contributed by atoms with Crippen LogP contribution in [0.5, 0.6) is 0 Å². The first kappa shape index (κ1) is 19.8. The summed E-state index contributed by atoms with van der Waals surface area (Å²) in [6.45, 7) is 2.72. The van der Waals surface area contributed by atoms with Crippen LogP contribution < -0.4 is 5.32 Å². The van der Waals surface area contributed by atoms with Gasteiger partial charge in [-0.25, -0.2) is 4.39 Å². The maximum absolute atomic E-state index is 13.6. The molecule has 0 spiro atoms. The minimum absolute atomic E-state index is 0.0235. The van der Waals surface area contributed by atoms with Gasteiger partial charge in [-0.1, -0.05) is 41.6 Å². The van der Waals surface area contributed by atoms with E-state index in [1.807, 2.05) is 30.3 Å². The highest BCUT2D eigenvalue weighted by molar-refractivity contribution is 5.94. The zero-order valence-electron chi connectivity index (χ0n) is 16.5. The molecule has 8 heteroatoms. The van der Waals surface area contributed by atoms with Gasteiger partial charge in [-0.15, -0.1) is 0 Å². The molecule has 0 saturated carbocycles. The Kier molecular flexibility index (Phi) is 5.56. The molecule has 2 amide bonds. The molecule has 0 radical (unpaired) electrons. The quantitative estimate of drug-likeness (QED) is 0.678. The van der Waals surface area contributed by atoms with Crippen molar-refractivity contribution in [2.75, 3.05) is 6.54 Å². The Balaban J connectivity index is 1.34. The second-order valence-corrected chi connectivity index (χ2v) is 7.35. The summed E-state index contributed by atoms with van der Waals surface area (Å²) in [5.74, 6) is -0.289. The van der Waals surface area contributed by atoms with Crippen molar-refractivity contribution in [2.45, 2.75) is 32.4 Å². The molecular weight excluding hydrogens is 387 g/mol. The fourth-order valence-corrected chi connectivity index (χ4v) is 3.40. The van der Waals surface area contributed by atoms with E-state index in [2.05, 4.69) is 15.5 Å². The van der Waals surface area contributed by atoms with Crippen molar-refractivity contribution in [3.05, 3.63) is 82.8 Å². The van der Waals surface area contributed by atoms with E-state index in [1.54, 1.807) is 24.0 Å². The Morgan fingerprint density at radius 3 is 2.83 bits per heavy atom. The molecular formula is C22H21FN4O3. The number of aromatic nitrogens is 2. The van der Waals surface area contributed by atoms with Crippen LogP contribution in [0.1, 0.15) is 45.5 Å². The summed E-state index contributed by atoms with van der Waals surface area (Å²) in [5, 5.41) is 6.61. The number of halogens is 1. The van der Waals surface area contributed by atoms with Crippen LogP contribution in [0.2, 0.25) is 0 Å². The van der Waals surface area contributed by atoms with Crippen LogP contribution in [0.3, 0.4) is 0 Å². The number of rotatable bonds is 6. The summed E-state index contributed by atoms with van der Waals surface area (Å²) in [6, 6.07) is 14.1. The van der Waals surface area contributed by atoms with Crippen molar-refractivity contribution in [3.8, 4) is 0 Å². The number of amides is 2. The van der Waals surface area contributed by atoms with Gasteiger partial charge in [0.05, 0.1) is 6.54 Å². The molecule has 1 aliphatic rings. The average molecular weight is 408 g/mol. The molecule has 1 atom stereocenters. The number of carbonyl (C=O) groups excluding carboxylic acids is 2. The van der Waals surface area contributed by atoms with Gasteiger partial charge in [0.25, 0.3) is 5.91 Å². The molecule has 7 nitrogen and oxygen atoms in total. The van der Waals surface area contributed by atoms with Crippen LogP contribution in [0.4, 0.5) is 4.39 Å². The highest BCUT2D eigenvalue weighted by Gasteiger charge is 2.33. The zero-order chi connectivity index (χ0) is 21.1. The van der Waals surface area contributed by atoms with Gasteiger partial charge >= 0.3 is 0 Å². The van der Waals surface area contributed by atoms with E-state index in [0.29, 0.717) is 30.9 Å². The molecule has 1 saturated heterocycles. The van der Waals surface area contributed by atoms with Gasteiger partial charge in [0, 0.05) is 31.0 Å². The van der Waals surface area contributed by atoms with E-state index in [1.165, 1.54) is 6.07 Å². The number of benzene rings is 2. The molecule has 1 aromatic heterocycles. The topological polar surface area (TPSA) is 88.3 Å². The van der Waals surface area contributed by atoms with E-state index in [4.69, 9.17) is 4.52 Å². The maximum Gasteiger partial charge on any atom is 0.251 e. The molecule has 2 aromatic carbocycles. The van der Waals surface area contributed by atoms with Crippen LogP contribution in [0.15, 0.2) is 53.1 Å². The fraction of sp³-hybridized carbons (Fsp3) is 0.273. The first-order chi connectivity index (χ1) is 14.5. The first-order valence-corrected chi connectivity index (χ1v) is 9.68. The monoisotopic (exact) mass is 408 g/mol. The van der Waals surface area contributed by atoms with Crippen molar-refractivity contribution in [1.29, 1.82) is 0 Å². The van der Waals surface area contributed by atoms with Crippen LogP contribution in [0, 0.1) is 12.7 Å². The number of likely N-dealkylation sites (tertiary alicyclic amines) is 1. The van der Waals surface area contributed by atoms with Crippen molar-refractivity contribution in [3.63, 3.8) is 0 Å². The van der Waals surface area contributed by atoms with Gasteiger partial charge in [0.1, 0.15) is 5.82 Å². The van der Waals surface area contributed by atoms with Gasteiger partial charge in [-0.05, 0) is 30.2 Å². The molecule has 3 aromatic rings. The van der Waals surface area contributed by atoms with Crippen molar-refractivity contribution < 1.29 is 18.5 Å². The molecule has 1 fully saturated rings. The summed E-state index contributed by atoms with van der Waals surface area (Å²) in [6.07, 6.45) is 0.320. The molecule has 2 heterocycles. The lowest BCUT2D eigenvalue weighted by Crippen LogP contribution is -2.24. The summed E-state index contributed by atoms with van der Waals surface area (Å²) >= 11 is 0. The predicted octanol–water partition coefficient (Wildman–Crippen LogP) is 2.96. The Bertz CT molecular complexity index is 1070. The molecule has 1 N–H and O–H groups in total. The summed E-state index contributed by atoms with van der Waals surface area (Å²) in [5.41, 5.74) is 1.76. The van der Waals surface area contributed by atoms with E-state index in [0.717, 1.165) is 5.56 Å². The SMILES string of the molecule is Cc1ccc(C(=O)NCc2nc([C@@H]3CC(=O)N(Cc4ccccc4)C3)no2)cc1F. The van der Waals surface area contributed by atoms with Crippen LogP contribution in [0.25, 0.3) is 0 Å². The minimum Gasteiger partial charge on any atom is -0.343 e. The van der Waals surface area contributed by atoms with Gasteiger partial charge in [-0.3, -0.25) is 9.59 Å². The predicted molar refractivity (Wildman–Crippen MR) is 106 cm³/mol. The molecule has 0 bridgehead atoms. The zero-order valence-corrected chi connectivity index (χ0v) is 16.5. The normalized spacial score (nSPS) is 16.1. The minimum atomic E-state index is -0.436. The van der Waals surface area contributed by atoms with E-state index < -0.39 is 11.7 Å². The molecule has 30 heavy (non-hydrogen) atoms. The second-order valence-electron chi connectivity index (χ2n) is 7.35. The number of carbonyl (C=O) groups is 2. The lowest BCUT2D eigenvalue weighted by molar-refractivity contribution is -0.128. The van der Waals surface area contributed by atoms with Crippen LogP contribution in [-0.2, 0) is 17.9 Å². The highest BCUT2D eigenvalue weighted by Crippen LogP contribution is 2.27. The number of nitrogens with zero attached hydrogens (tertiary/aromatic N) is 3. The standard InChI is InChI=1S/C22H21FN4O3/c1-14-7-8-16(9-18(14)23)22(29)24-11-19-25-21(26-30-19)17-10-20(28)27(13-17)12-15-5-3-2-4-6-15/h2-9,17H,10-13H2,1H3,(H,24,29)/t17-/m1/s1. The molecule has 4 rings (SSSR count). The average Bonchev–Trinajstić information content (AvgIpc) is 3.36. The third-order valence-electron chi connectivity index (χ3n) is 5.11. The van der Waals surface area contributed by atoms with Crippen LogP contribution >= 0.6 is 0 Å². The van der Waals surface area contributed by atoms with E-state index >= 15 is 0 Å². The second kappa shape index (κ2) is 8.44. The molecule has 1 aliphatic heterocycles. The molecule has 0 aliphatic carbocycles. The highest BCUT2D eigenvalue weighted by atomic mass is 19.1. The molecule has 0 unspecified atom stereocenters. The Morgan fingerprint density at radius 2 is 2.07 bits per heavy atom. The molecule has 154 valence electrons. The maximum atomic E-state index is 13.6. The Morgan fingerprint density at radius 1 is 1.27 bits per heavy atom. The van der Waals surface area contributed by atoms with E-state index in [-0.39, 0.29) is 29.8 Å². The summed E-state index contributed by atoms with van der Waals surface area (Å²) in [7, 11) is 0. The number of hydrogen-bond acceptors (Lipinski definition) is 5. The Hall–Kier alpha value is -3.55. The van der Waals surface area contributed by atoms with Gasteiger partial charge in [0.15, 0.2) is 5.82 Å². The van der Waals surface area contributed by atoms with Crippen LogP contribution in [-0.4, -0.2) is 33.4 Å². The fourth-order valence-electron chi connectivity index (χ4n) is 3.40.